The van der Waals surface area contributed by atoms with Gasteiger partial charge in [-0.3, -0.25) is 0 Å². The number of fused-ring (bicyclic) bond motifs is 4. The van der Waals surface area contributed by atoms with Gasteiger partial charge in [0.1, 0.15) is 11.2 Å². The topological polar surface area (TPSA) is 51.8 Å². The van der Waals surface area contributed by atoms with E-state index in [0.29, 0.717) is 17.5 Å². The summed E-state index contributed by atoms with van der Waals surface area (Å²) in [7, 11) is 0. The first-order valence-corrected chi connectivity index (χ1v) is 17.8. The zero-order valence-electron chi connectivity index (χ0n) is 28.6. The average Bonchev–Trinajstić information content (AvgIpc) is 3.63. The Kier molecular flexibility index (Phi) is 7.43. The van der Waals surface area contributed by atoms with Crippen molar-refractivity contribution in [1.82, 2.24) is 15.0 Å². The molecule has 0 amide bonds. The highest BCUT2D eigenvalue weighted by molar-refractivity contribution is 6.15. The third kappa shape index (κ3) is 5.54. The van der Waals surface area contributed by atoms with E-state index in [0.717, 1.165) is 55.3 Å². The molecule has 0 radical (unpaired) electrons. The van der Waals surface area contributed by atoms with Gasteiger partial charge in [-0.25, -0.2) is 15.0 Å². The van der Waals surface area contributed by atoms with Crippen molar-refractivity contribution in [3.8, 4) is 67.5 Å². The number of hydrogen-bond donors (Lipinski definition) is 0. The minimum absolute atomic E-state index is 0.594. The number of para-hydroxylation sites is 1. The molecule has 0 atom stereocenters. The van der Waals surface area contributed by atoms with Crippen LogP contribution in [0.3, 0.4) is 0 Å². The maximum atomic E-state index is 6.77. The molecule has 0 N–H and O–H groups in total. The molecule has 4 heteroatoms. The number of aromatic nitrogens is 3. The normalized spacial score (nSPS) is 11.4. The molecule has 0 fully saturated rings. The Morgan fingerprint density at radius 1 is 0.321 bits per heavy atom. The van der Waals surface area contributed by atoms with E-state index in [2.05, 4.69) is 140 Å². The molecule has 0 aliphatic carbocycles. The Balaban J connectivity index is 1.15. The second-order valence-electron chi connectivity index (χ2n) is 13.2. The van der Waals surface area contributed by atoms with Crippen LogP contribution in [0.4, 0.5) is 0 Å². The zero-order chi connectivity index (χ0) is 35.1. The second-order valence-corrected chi connectivity index (χ2v) is 13.2. The van der Waals surface area contributed by atoms with E-state index in [9.17, 15) is 0 Å². The van der Waals surface area contributed by atoms with Crippen molar-refractivity contribution in [2.24, 2.45) is 0 Å². The van der Waals surface area contributed by atoms with Crippen molar-refractivity contribution in [2.45, 2.75) is 0 Å². The lowest BCUT2D eigenvalue weighted by molar-refractivity contribution is 0.670. The molecule has 0 saturated heterocycles. The van der Waals surface area contributed by atoms with Crippen LogP contribution < -0.4 is 0 Å². The van der Waals surface area contributed by atoms with Gasteiger partial charge in [-0.05, 0) is 56.8 Å². The van der Waals surface area contributed by atoms with E-state index in [4.69, 9.17) is 19.4 Å². The summed E-state index contributed by atoms with van der Waals surface area (Å²) < 4.78 is 6.77. The quantitative estimate of drug-likeness (QED) is 0.176. The van der Waals surface area contributed by atoms with E-state index < -0.39 is 0 Å². The fourth-order valence-electron chi connectivity index (χ4n) is 7.37. The minimum Gasteiger partial charge on any atom is -0.455 e. The summed E-state index contributed by atoms with van der Waals surface area (Å²) in [6, 6.07) is 65.1. The second kappa shape index (κ2) is 12.9. The van der Waals surface area contributed by atoms with Crippen LogP contribution in [0, 0.1) is 0 Å². The highest BCUT2D eigenvalue weighted by atomic mass is 16.3. The average molecular weight is 678 g/mol. The maximum absolute atomic E-state index is 6.77. The predicted molar refractivity (Wildman–Crippen MR) is 217 cm³/mol. The molecule has 53 heavy (non-hydrogen) atoms. The lowest BCUT2D eigenvalue weighted by Crippen LogP contribution is -2.00. The molecule has 10 rings (SSSR count). The van der Waals surface area contributed by atoms with Gasteiger partial charge in [0.25, 0.3) is 0 Å². The minimum atomic E-state index is 0.594. The maximum Gasteiger partial charge on any atom is 0.164 e. The molecular weight excluding hydrogens is 647 g/mol. The van der Waals surface area contributed by atoms with Crippen molar-refractivity contribution in [3.63, 3.8) is 0 Å². The van der Waals surface area contributed by atoms with E-state index in [1.807, 2.05) is 48.5 Å². The van der Waals surface area contributed by atoms with Crippen LogP contribution in [-0.4, -0.2) is 15.0 Å². The molecule has 2 aromatic heterocycles. The third-order valence-corrected chi connectivity index (χ3v) is 9.94. The molecule has 10 aromatic rings. The largest absolute Gasteiger partial charge is 0.455 e. The summed E-state index contributed by atoms with van der Waals surface area (Å²) in [5, 5.41) is 4.39. The van der Waals surface area contributed by atoms with E-state index in [1.54, 1.807) is 0 Å². The molecule has 2 heterocycles. The first kappa shape index (κ1) is 30.6. The first-order valence-electron chi connectivity index (χ1n) is 17.8. The Labute approximate surface area is 306 Å². The molecule has 0 spiro atoms. The molecular formula is C49H31N3O. The molecule has 0 saturated carbocycles. The summed E-state index contributed by atoms with van der Waals surface area (Å²) in [6.45, 7) is 0. The molecule has 0 aliphatic heterocycles. The van der Waals surface area contributed by atoms with Crippen LogP contribution in [-0.2, 0) is 0 Å². The van der Waals surface area contributed by atoms with Gasteiger partial charge in [0.15, 0.2) is 17.5 Å². The third-order valence-electron chi connectivity index (χ3n) is 9.94. The Hall–Kier alpha value is -7.17. The van der Waals surface area contributed by atoms with Crippen LogP contribution in [0.15, 0.2) is 192 Å². The van der Waals surface area contributed by atoms with Gasteiger partial charge >= 0.3 is 0 Å². The van der Waals surface area contributed by atoms with Gasteiger partial charge in [0, 0.05) is 33.0 Å². The summed E-state index contributed by atoms with van der Waals surface area (Å²) >= 11 is 0. The highest BCUT2D eigenvalue weighted by Gasteiger charge is 2.20. The van der Waals surface area contributed by atoms with Crippen molar-refractivity contribution in [3.05, 3.63) is 188 Å². The lowest BCUT2D eigenvalue weighted by Gasteiger charge is -2.12. The van der Waals surface area contributed by atoms with Crippen LogP contribution in [0.2, 0.25) is 0 Å². The van der Waals surface area contributed by atoms with Crippen LogP contribution in [0.1, 0.15) is 0 Å². The standard InChI is InChI=1S/C49H31N3O/c1-4-14-32(15-5-1)33-26-28-36(29-27-33)48-50-47(35-18-8-3-9-19-35)51-49(52-48)42-24-13-25-44-45(42)41-23-12-22-40(46(41)53-44)38-30-37-20-10-11-21-39(37)43(31-38)34-16-6-2-7-17-34/h1-31H. The molecule has 248 valence electrons. The van der Waals surface area contributed by atoms with Gasteiger partial charge in [0.05, 0.1) is 0 Å². The fourth-order valence-corrected chi connectivity index (χ4v) is 7.37. The van der Waals surface area contributed by atoms with Crippen LogP contribution in [0.25, 0.3) is 100 Å². The number of hydrogen-bond acceptors (Lipinski definition) is 4. The zero-order valence-corrected chi connectivity index (χ0v) is 28.6. The number of furan rings is 1. The van der Waals surface area contributed by atoms with Crippen molar-refractivity contribution < 1.29 is 4.42 Å². The predicted octanol–water partition coefficient (Wildman–Crippen LogP) is 12.9. The summed E-state index contributed by atoms with van der Waals surface area (Å²) in [4.78, 5) is 15.2. The lowest BCUT2D eigenvalue weighted by atomic mass is 9.92. The Morgan fingerprint density at radius 2 is 0.849 bits per heavy atom. The highest BCUT2D eigenvalue weighted by Crippen LogP contribution is 2.42. The smallest absolute Gasteiger partial charge is 0.164 e. The number of benzene rings is 8. The molecule has 0 bridgehead atoms. The Bertz CT molecular complexity index is 2920. The monoisotopic (exact) mass is 677 g/mol. The number of nitrogens with zero attached hydrogens (tertiary/aromatic N) is 3. The SMILES string of the molecule is c1ccc(-c2ccc(-c3nc(-c4ccccc4)nc(-c4cccc5oc6c(-c7cc(-c8ccccc8)c8ccccc8c7)cccc6c45)n3)cc2)cc1. The number of rotatable bonds is 6. The molecule has 8 aromatic carbocycles. The van der Waals surface area contributed by atoms with Gasteiger partial charge in [0.2, 0.25) is 0 Å². The molecule has 0 unspecified atom stereocenters. The fraction of sp³-hybridized carbons (Fsp3) is 0. The van der Waals surface area contributed by atoms with E-state index >= 15 is 0 Å². The summed E-state index contributed by atoms with van der Waals surface area (Å²) in [5.41, 5.74) is 11.2. The van der Waals surface area contributed by atoms with Gasteiger partial charge < -0.3 is 4.42 Å². The summed E-state index contributed by atoms with van der Waals surface area (Å²) in [5.74, 6) is 1.83. The van der Waals surface area contributed by atoms with Crippen molar-refractivity contribution >= 4 is 32.7 Å². The van der Waals surface area contributed by atoms with Crippen LogP contribution >= 0.6 is 0 Å². The van der Waals surface area contributed by atoms with Gasteiger partial charge in [-0.2, -0.15) is 0 Å². The van der Waals surface area contributed by atoms with Crippen molar-refractivity contribution in [2.75, 3.05) is 0 Å². The van der Waals surface area contributed by atoms with Crippen molar-refractivity contribution in [1.29, 1.82) is 0 Å². The molecule has 4 nitrogen and oxygen atoms in total. The Morgan fingerprint density at radius 3 is 1.58 bits per heavy atom. The van der Waals surface area contributed by atoms with E-state index in [-0.39, 0.29) is 0 Å². The summed E-state index contributed by atoms with van der Waals surface area (Å²) in [6.07, 6.45) is 0. The molecule has 0 aliphatic rings. The first-order chi connectivity index (χ1) is 26.3. The van der Waals surface area contributed by atoms with E-state index in [1.165, 1.54) is 27.5 Å². The van der Waals surface area contributed by atoms with Crippen LogP contribution in [0.5, 0.6) is 0 Å². The van der Waals surface area contributed by atoms with Gasteiger partial charge in [-0.15, -0.1) is 0 Å². The van der Waals surface area contributed by atoms with Gasteiger partial charge in [-0.1, -0.05) is 170 Å².